The predicted octanol–water partition coefficient (Wildman–Crippen LogP) is 1.10. The maximum Gasteiger partial charge on any atom is 0.235 e. The summed E-state index contributed by atoms with van der Waals surface area (Å²) in [4.78, 5) is 11.5. The average Bonchev–Trinajstić information content (AvgIpc) is 2.29. The first-order chi connectivity index (χ1) is 8.70. The molecule has 0 aliphatic heterocycles. The van der Waals surface area contributed by atoms with Gasteiger partial charge >= 0.3 is 0 Å². The van der Waals surface area contributed by atoms with Crippen LogP contribution in [0, 0.1) is 5.82 Å². The van der Waals surface area contributed by atoms with Crippen molar-refractivity contribution < 1.29 is 17.6 Å². The SMILES string of the molecule is CN(CC(=O)NCc1cc(F)ccc1Br)S(C)(=O)=O. The van der Waals surface area contributed by atoms with Gasteiger partial charge in [-0.15, -0.1) is 0 Å². The Morgan fingerprint density at radius 2 is 2.11 bits per heavy atom. The number of sulfonamides is 1. The third-order valence-corrected chi connectivity index (χ3v) is 4.45. The van der Waals surface area contributed by atoms with E-state index in [0.29, 0.717) is 10.0 Å². The summed E-state index contributed by atoms with van der Waals surface area (Å²) in [6.07, 6.45) is 1.02. The second kappa shape index (κ2) is 6.44. The summed E-state index contributed by atoms with van der Waals surface area (Å²) in [6.45, 7) is -0.152. The Hall–Kier alpha value is -0.990. The van der Waals surface area contributed by atoms with E-state index in [9.17, 15) is 17.6 Å². The Bertz CT molecular complexity index is 577. The Morgan fingerprint density at radius 3 is 2.68 bits per heavy atom. The van der Waals surface area contributed by atoms with Gasteiger partial charge in [0.05, 0.1) is 12.8 Å². The van der Waals surface area contributed by atoms with E-state index in [1.54, 1.807) is 6.07 Å². The highest BCUT2D eigenvalue weighted by Gasteiger charge is 2.15. The molecule has 1 N–H and O–H groups in total. The lowest BCUT2D eigenvalue weighted by Gasteiger charge is -2.14. The van der Waals surface area contributed by atoms with Crippen LogP contribution in [0.25, 0.3) is 0 Å². The highest BCUT2D eigenvalue weighted by atomic mass is 79.9. The van der Waals surface area contributed by atoms with Crippen LogP contribution in [0.15, 0.2) is 22.7 Å². The quantitative estimate of drug-likeness (QED) is 0.862. The minimum atomic E-state index is -3.39. The second-order valence-electron chi connectivity index (χ2n) is 4.03. The molecule has 1 aromatic carbocycles. The van der Waals surface area contributed by atoms with E-state index < -0.39 is 21.7 Å². The highest BCUT2D eigenvalue weighted by molar-refractivity contribution is 9.10. The number of benzene rings is 1. The lowest BCUT2D eigenvalue weighted by atomic mass is 10.2. The van der Waals surface area contributed by atoms with Crippen LogP contribution in [0.3, 0.4) is 0 Å². The van der Waals surface area contributed by atoms with Gasteiger partial charge in [0.1, 0.15) is 5.82 Å². The van der Waals surface area contributed by atoms with E-state index in [-0.39, 0.29) is 13.1 Å². The molecule has 0 spiro atoms. The Balaban J connectivity index is 2.58. The summed E-state index contributed by atoms with van der Waals surface area (Å²) in [5.74, 6) is -0.857. The molecule has 0 bridgehead atoms. The Morgan fingerprint density at radius 1 is 1.47 bits per heavy atom. The number of nitrogens with one attached hydrogen (secondary N) is 1. The molecule has 1 amide bonds. The number of hydrogen-bond donors (Lipinski definition) is 1. The van der Waals surface area contributed by atoms with E-state index in [1.165, 1.54) is 19.2 Å². The zero-order chi connectivity index (χ0) is 14.6. The van der Waals surface area contributed by atoms with Gasteiger partial charge < -0.3 is 5.32 Å². The van der Waals surface area contributed by atoms with Crippen LogP contribution >= 0.6 is 15.9 Å². The molecule has 8 heteroatoms. The molecule has 0 radical (unpaired) electrons. The lowest BCUT2D eigenvalue weighted by molar-refractivity contribution is -0.121. The second-order valence-corrected chi connectivity index (χ2v) is 6.98. The smallest absolute Gasteiger partial charge is 0.235 e. The molecule has 0 atom stereocenters. The number of hydrogen-bond acceptors (Lipinski definition) is 3. The normalized spacial score (nSPS) is 11.6. The summed E-state index contributed by atoms with van der Waals surface area (Å²) in [5, 5.41) is 2.53. The Kier molecular flexibility index (Phi) is 5.45. The number of nitrogens with zero attached hydrogens (tertiary/aromatic N) is 1. The fraction of sp³-hybridized carbons (Fsp3) is 0.364. The standard InChI is InChI=1S/C11H14BrFN2O3S/c1-15(19(2,17)18)7-11(16)14-6-8-5-9(13)3-4-10(8)12/h3-5H,6-7H2,1-2H3,(H,14,16). The third kappa shape index (κ3) is 5.25. The monoisotopic (exact) mass is 352 g/mol. The maximum atomic E-state index is 13.0. The van der Waals surface area contributed by atoms with Crippen LogP contribution in [0.2, 0.25) is 0 Å². The van der Waals surface area contributed by atoms with E-state index in [1.807, 2.05) is 0 Å². The number of carbonyl (C=O) groups excluding carboxylic acids is 1. The van der Waals surface area contributed by atoms with Crippen LogP contribution in [0.1, 0.15) is 5.56 Å². The van der Waals surface area contributed by atoms with Crippen molar-refractivity contribution in [3.05, 3.63) is 34.1 Å². The van der Waals surface area contributed by atoms with Crippen molar-refractivity contribution in [2.24, 2.45) is 0 Å². The van der Waals surface area contributed by atoms with Crippen molar-refractivity contribution in [2.45, 2.75) is 6.54 Å². The molecule has 0 aliphatic rings. The van der Waals surface area contributed by atoms with Crippen molar-refractivity contribution >= 4 is 31.9 Å². The van der Waals surface area contributed by atoms with Crippen LogP contribution in [0.4, 0.5) is 4.39 Å². The first kappa shape index (κ1) is 16.1. The fourth-order valence-electron chi connectivity index (χ4n) is 1.25. The number of rotatable bonds is 5. The van der Waals surface area contributed by atoms with Crippen LogP contribution in [0.5, 0.6) is 0 Å². The van der Waals surface area contributed by atoms with Gasteiger partial charge in [0.15, 0.2) is 0 Å². The molecular formula is C11H14BrFN2O3S. The minimum absolute atomic E-state index is 0.120. The van der Waals surface area contributed by atoms with Crippen molar-refractivity contribution in [1.82, 2.24) is 9.62 Å². The van der Waals surface area contributed by atoms with Gasteiger partial charge in [-0.1, -0.05) is 15.9 Å². The van der Waals surface area contributed by atoms with E-state index >= 15 is 0 Å². The van der Waals surface area contributed by atoms with Crippen molar-refractivity contribution in [3.8, 4) is 0 Å². The average molecular weight is 353 g/mol. The first-order valence-electron chi connectivity index (χ1n) is 5.32. The summed E-state index contributed by atoms with van der Waals surface area (Å²) in [5.41, 5.74) is 0.579. The zero-order valence-corrected chi connectivity index (χ0v) is 12.9. The van der Waals surface area contributed by atoms with E-state index in [4.69, 9.17) is 0 Å². The molecule has 106 valence electrons. The van der Waals surface area contributed by atoms with Gasteiger partial charge in [-0.25, -0.2) is 12.8 Å². The topological polar surface area (TPSA) is 66.5 Å². The van der Waals surface area contributed by atoms with Gasteiger partial charge in [-0.3, -0.25) is 4.79 Å². The minimum Gasteiger partial charge on any atom is -0.351 e. The molecule has 0 aliphatic carbocycles. The number of amides is 1. The molecule has 5 nitrogen and oxygen atoms in total. The molecule has 0 fully saturated rings. The molecule has 0 saturated carbocycles. The molecule has 1 rings (SSSR count). The highest BCUT2D eigenvalue weighted by Crippen LogP contribution is 2.17. The summed E-state index contributed by atoms with van der Waals surface area (Å²) >= 11 is 3.24. The molecule has 0 aromatic heterocycles. The fourth-order valence-corrected chi connectivity index (χ4v) is 1.99. The first-order valence-corrected chi connectivity index (χ1v) is 7.96. The van der Waals surface area contributed by atoms with E-state index in [2.05, 4.69) is 21.2 Å². The van der Waals surface area contributed by atoms with Gasteiger partial charge in [0.25, 0.3) is 0 Å². The number of halogens is 2. The lowest BCUT2D eigenvalue weighted by Crippen LogP contribution is -2.37. The molecule has 1 aromatic rings. The van der Waals surface area contributed by atoms with Crippen molar-refractivity contribution in [1.29, 1.82) is 0 Å². The predicted molar refractivity (Wildman–Crippen MR) is 73.4 cm³/mol. The van der Waals surface area contributed by atoms with E-state index in [0.717, 1.165) is 10.6 Å². The van der Waals surface area contributed by atoms with Gasteiger partial charge in [-0.05, 0) is 23.8 Å². The molecule has 0 saturated heterocycles. The van der Waals surface area contributed by atoms with Crippen LogP contribution in [-0.2, 0) is 21.4 Å². The zero-order valence-electron chi connectivity index (χ0n) is 10.5. The Labute approximate surface area is 120 Å². The van der Waals surface area contributed by atoms with Crippen molar-refractivity contribution in [3.63, 3.8) is 0 Å². The van der Waals surface area contributed by atoms with Gasteiger partial charge in [0.2, 0.25) is 15.9 Å². The van der Waals surface area contributed by atoms with Gasteiger partial charge in [-0.2, -0.15) is 4.31 Å². The third-order valence-electron chi connectivity index (χ3n) is 2.42. The number of carbonyl (C=O) groups is 1. The van der Waals surface area contributed by atoms with Gasteiger partial charge in [0, 0.05) is 18.1 Å². The molecule has 0 unspecified atom stereocenters. The van der Waals surface area contributed by atoms with Crippen LogP contribution < -0.4 is 5.32 Å². The largest absolute Gasteiger partial charge is 0.351 e. The molecule has 0 heterocycles. The summed E-state index contributed by atoms with van der Waals surface area (Å²) < 4.78 is 36.9. The van der Waals surface area contributed by atoms with Crippen LogP contribution in [-0.4, -0.2) is 38.5 Å². The summed E-state index contributed by atoms with van der Waals surface area (Å²) in [6, 6.07) is 4.14. The maximum absolute atomic E-state index is 13.0. The molecule has 19 heavy (non-hydrogen) atoms. The number of likely N-dealkylation sites (N-methyl/N-ethyl adjacent to an activating group) is 1. The molecular weight excluding hydrogens is 339 g/mol. The van der Waals surface area contributed by atoms with Crippen molar-refractivity contribution in [2.75, 3.05) is 19.8 Å². The summed E-state index contributed by atoms with van der Waals surface area (Å²) in [7, 11) is -2.08.